The Kier molecular flexibility index (Phi) is 3.62. The predicted octanol–water partition coefficient (Wildman–Crippen LogP) is 2.73. The van der Waals surface area contributed by atoms with E-state index in [0.29, 0.717) is 0 Å². The molecule has 3 rings (SSSR count). The summed E-state index contributed by atoms with van der Waals surface area (Å²) in [4.78, 5) is 14.0. The molecule has 0 aromatic heterocycles. The molecule has 1 aliphatic rings. The topological polar surface area (TPSA) is 55.6 Å². The van der Waals surface area contributed by atoms with Gasteiger partial charge in [-0.25, -0.2) is 0 Å². The van der Waals surface area contributed by atoms with Crippen LogP contribution in [0, 0.1) is 13.8 Å². The normalized spacial score (nSPS) is 20.7. The Hall–Kier alpha value is -2.33. The van der Waals surface area contributed by atoms with Gasteiger partial charge in [-0.3, -0.25) is 4.79 Å². The van der Waals surface area contributed by atoms with Crippen molar-refractivity contribution >= 4 is 11.6 Å². The molecule has 2 aromatic rings. The highest BCUT2D eigenvalue weighted by Gasteiger charge is 2.46. The van der Waals surface area contributed by atoms with Gasteiger partial charge in [0.05, 0.1) is 13.2 Å². The SMILES string of the molecule is COc1cccc([C@H]2[C@H](N)C(=O)N2c2ccc(C)c(C)c2)c1. The van der Waals surface area contributed by atoms with Gasteiger partial charge in [0.15, 0.2) is 0 Å². The number of methoxy groups -OCH3 is 1. The Labute approximate surface area is 130 Å². The van der Waals surface area contributed by atoms with Crippen molar-refractivity contribution in [3.63, 3.8) is 0 Å². The van der Waals surface area contributed by atoms with Gasteiger partial charge in [0.2, 0.25) is 5.91 Å². The van der Waals surface area contributed by atoms with Crippen molar-refractivity contribution in [1.29, 1.82) is 0 Å². The van der Waals surface area contributed by atoms with E-state index in [0.717, 1.165) is 22.6 Å². The maximum atomic E-state index is 12.3. The van der Waals surface area contributed by atoms with Crippen LogP contribution in [0.4, 0.5) is 5.69 Å². The number of β-lactam (4-membered cyclic amide) rings is 1. The fourth-order valence-electron chi connectivity index (χ4n) is 2.86. The fourth-order valence-corrected chi connectivity index (χ4v) is 2.86. The highest BCUT2D eigenvalue weighted by Crippen LogP contribution is 2.39. The average molecular weight is 296 g/mol. The van der Waals surface area contributed by atoms with E-state index in [2.05, 4.69) is 6.92 Å². The van der Waals surface area contributed by atoms with Crippen LogP contribution in [-0.2, 0) is 4.79 Å². The second-order valence-corrected chi connectivity index (χ2v) is 5.72. The lowest BCUT2D eigenvalue weighted by Crippen LogP contribution is -2.63. The molecule has 4 heteroatoms. The summed E-state index contributed by atoms with van der Waals surface area (Å²) in [7, 11) is 1.63. The molecule has 22 heavy (non-hydrogen) atoms. The Morgan fingerprint density at radius 2 is 1.86 bits per heavy atom. The van der Waals surface area contributed by atoms with Gasteiger partial charge < -0.3 is 15.4 Å². The van der Waals surface area contributed by atoms with E-state index >= 15 is 0 Å². The first-order chi connectivity index (χ1) is 10.5. The maximum absolute atomic E-state index is 12.3. The molecule has 2 aromatic carbocycles. The van der Waals surface area contributed by atoms with Gasteiger partial charge in [0.1, 0.15) is 11.8 Å². The van der Waals surface area contributed by atoms with Gasteiger partial charge in [0, 0.05) is 5.69 Å². The first kappa shape index (κ1) is 14.6. The number of nitrogens with two attached hydrogens (primary N) is 1. The van der Waals surface area contributed by atoms with E-state index in [1.807, 2.05) is 49.4 Å². The van der Waals surface area contributed by atoms with Gasteiger partial charge in [-0.05, 0) is 54.8 Å². The van der Waals surface area contributed by atoms with Crippen LogP contribution in [0.25, 0.3) is 0 Å². The zero-order chi connectivity index (χ0) is 15.9. The summed E-state index contributed by atoms with van der Waals surface area (Å²) in [6.45, 7) is 4.10. The minimum Gasteiger partial charge on any atom is -0.497 e. The predicted molar refractivity (Wildman–Crippen MR) is 87.1 cm³/mol. The number of amides is 1. The van der Waals surface area contributed by atoms with Crippen LogP contribution < -0.4 is 15.4 Å². The molecule has 1 saturated heterocycles. The highest BCUT2D eigenvalue weighted by atomic mass is 16.5. The molecular weight excluding hydrogens is 276 g/mol. The lowest BCUT2D eigenvalue weighted by molar-refractivity contribution is -0.126. The molecule has 0 bridgehead atoms. The maximum Gasteiger partial charge on any atom is 0.247 e. The monoisotopic (exact) mass is 296 g/mol. The molecule has 2 N–H and O–H groups in total. The zero-order valence-electron chi connectivity index (χ0n) is 13.0. The summed E-state index contributed by atoms with van der Waals surface area (Å²) in [6.07, 6.45) is 0. The number of anilines is 1. The minimum absolute atomic E-state index is 0.0453. The molecule has 0 saturated carbocycles. The summed E-state index contributed by atoms with van der Waals surface area (Å²) >= 11 is 0. The molecule has 2 atom stereocenters. The van der Waals surface area contributed by atoms with E-state index < -0.39 is 6.04 Å². The number of nitrogens with zero attached hydrogens (tertiary/aromatic N) is 1. The van der Waals surface area contributed by atoms with Gasteiger partial charge in [-0.15, -0.1) is 0 Å². The molecule has 4 nitrogen and oxygen atoms in total. The number of carbonyl (C=O) groups is 1. The van der Waals surface area contributed by atoms with E-state index in [-0.39, 0.29) is 11.9 Å². The van der Waals surface area contributed by atoms with Gasteiger partial charge in [0.25, 0.3) is 0 Å². The van der Waals surface area contributed by atoms with E-state index in [4.69, 9.17) is 10.5 Å². The van der Waals surface area contributed by atoms with Crippen molar-refractivity contribution < 1.29 is 9.53 Å². The minimum atomic E-state index is -0.506. The van der Waals surface area contributed by atoms with Crippen molar-refractivity contribution in [2.45, 2.75) is 25.9 Å². The number of benzene rings is 2. The summed E-state index contributed by atoms with van der Waals surface area (Å²) in [5, 5.41) is 0. The number of hydrogen-bond acceptors (Lipinski definition) is 3. The van der Waals surface area contributed by atoms with Crippen molar-refractivity contribution in [3.8, 4) is 5.75 Å². The smallest absolute Gasteiger partial charge is 0.247 e. The summed E-state index contributed by atoms with van der Waals surface area (Å²) in [5.74, 6) is 0.722. The van der Waals surface area contributed by atoms with Crippen LogP contribution in [-0.4, -0.2) is 19.1 Å². The van der Waals surface area contributed by atoms with Crippen molar-refractivity contribution in [1.82, 2.24) is 0 Å². The Bertz CT molecular complexity index is 727. The summed E-state index contributed by atoms with van der Waals surface area (Å²) in [5.41, 5.74) is 10.3. The molecule has 0 spiro atoms. The standard InChI is InChI=1S/C18H20N2O2/c1-11-7-8-14(9-12(11)2)20-17(16(19)18(20)21)13-5-4-6-15(10-13)22-3/h4-10,16-17H,19H2,1-3H3/t16-,17-/m0/s1. The van der Waals surface area contributed by atoms with E-state index in [1.165, 1.54) is 5.56 Å². The molecule has 1 heterocycles. The third kappa shape index (κ3) is 2.25. The number of ether oxygens (including phenoxy) is 1. The summed E-state index contributed by atoms with van der Waals surface area (Å²) in [6, 6.07) is 13.1. The van der Waals surface area contributed by atoms with Gasteiger partial charge >= 0.3 is 0 Å². The Morgan fingerprint density at radius 1 is 1.09 bits per heavy atom. The van der Waals surface area contributed by atoms with Crippen LogP contribution in [0.5, 0.6) is 5.75 Å². The third-order valence-electron chi connectivity index (χ3n) is 4.34. The number of rotatable bonds is 3. The van der Waals surface area contributed by atoms with Crippen LogP contribution in [0.2, 0.25) is 0 Å². The number of carbonyl (C=O) groups excluding carboxylic acids is 1. The van der Waals surface area contributed by atoms with Gasteiger partial charge in [-0.2, -0.15) is 0 Å². The Balaban J connectivity index is 1.98. The molecule has 1 fully saturated rings. The van der Waals surface area contributed by atoms with E-state index in [1.54, 1.807) is 12.0 Å². The lowest BCUT2D eigenvalue weighted by Gasteiger charge is -2.45. The molecule has 114 valence electrons. The van der Waals surface area contributed by atoms with Crippen molar-refractivity contribution in [2.24, 2.45) is 5.73 Å². The highest BCUT2D eigenvalue weighted by molar-refractivity contribution is 6.05. The largest absolute Gasteiger partial charge is 0.497 e. The van der Waals surface area contributed by atoms with E-state index in [9.17, 15) is 4.79 Å². The molecule has 1 amide bonds. The molecule has 0 radical (unpaired) electrons. The lowest BCUT2D eigenvalue weighted by atomic mass is 9.88. The van der Waals surface area contributed by atoms with Crippen molar-refractivity contribution in [3.05, 3.63) is 59.2 Å². The zero-order valence-corrected chi connectivity index (χ0v) is 13.0. The molecular formula is C18H20N2O2. The second kappa shape index (κ2) is 5.46. The first-order valence-corrected chi connectivity index (χ1v) is 7.33. The van der Waals surface area contributed by atoms with Crippen LogP contribution >= 0.6 is 0 Å². The summed E-state index contributed by atoms with van der Waals surface area (Å²) < 4.78 is 5.27. The molecule has 0 aliphatic carbocycles. The first-order valence-electron chi connectivity index (χ1n) is 7.33. The average Bonchev–Trinajstić information content (AvgIpc) is 2.54. The quantitative estimate of drug-likeness (QED) is 0.886. The van der Waals surface area contributed by atoms with Crippen LogP contribution in [0.3, 0.4) is 0 Å². The second-order valence-electron chi connectivity index (χ2n) is 5.72. The third-order valence-corrected chi connectivity index (χ3v) is 4.34. The van der Waals surface area contributed by atoms with Crippen molar-refractivity contribution in [2.75, 3.05) is 12.0 Å². The fraction of sp³-hybridized carbons (Fsp3) is 0.278. The number of hydrogen-bond donors (Lipinski definition) is 1. The van der Waals surface area contributed by atoms with Crippen LogP contribution in [0.1, 0.15) is 22.7 Å². The van der Waals surface area contributed by atoms with Gasteiger partial charge in [-0.1, -0.05) is 18.2 Å². The molecule has 0 unspecified atom stereocenters. The molecule has 1 aliphatic heterocycles. The number of aryl methyl sites for hydroxylation is 2. The Morgan fingerprint density at radius 3 is 2.55 bits per heavy atom. The van der Waals surface area contributed by atoms with Crippen LogP contribution in [0.15, 0.2) is 42.5 Å².